The lowest BCUT2D eigenvalue weighted by atomic mass is 9.89. The number of fused-ring (bicyclic) bond motifs is 2. The van der Waals surface area contributed by atoms with Gasteiger partial charge in [0.2, 0.25) is 11.8 Å². The van der Waals surface area contributed by atoms with Crippen LogP contribution in [-0.2, 0) is 57.8 Å². The lowest BCUT2D eigenvalue weighted by Gasteiger charge is -2.35. The average Bonchev–Trinajstić information content (AvgIpc) is 4.17. The number of halogens is 2. The van der Waals surface area contributed by atoms with Gasteiger partial charge in [-0.3, -0.25) is 33.5 Å². The Morgan fingerprint density at radius 2 is 1.00 bits per heavy atom. The summed E-state index contributed by atoms with van der Waals surface area (Å²) in [7, 11) is 0. The van der Waals surface area contributed by atoms with E-state index in [0.29, 0.717) is 48.3 Å². The predicted molar refractivity (Wildman–Crippen MR) is 283 cm³/mol. The average molecular weight is 1120 g/mol. The van der Waals surface area contributed by atoms with Crippen molar-refractivity contribution in [3.8, 4) is 0 Å². The largest absolute Gasteiger partial charge is 0.372 e. The van der Waals surface area contributed by atoms with E-state index in [4.69, 9.17) is 14.6 Å². The number of pyridine rings is 2. The highest BCUT2D eigenvalue weighted by molar-refractivity contribution is 9.10. The number of carbonyl (C=O) groups is 4. The van der Waals surface area contributed by atoms with Crippen molar-refractivity contribution in [2.45, 2.75) is 168 Å². The maximum Gasteiger partial charge on any atom is 0.274 e. The number of ether oxygens (including phenoxy) is 2. The van der Waals surface area contributed by atoms with Gasteiger partial charge in [0.15, 0.2) is 11.4 Å². The van der Waals surface area contributed by atoms with Crippen molar-refractivity contribution < 1.29 is 28.7 Å². The van der Waals surface area contributed by atoms with Crippen LogP contribution in [0.5, 0.6) is 0 Å². The molecule has 0 saturated carbocycles. The fraction of sp³-hybridized carbons (Fsp3) is 0.630. The smallest absolute Gasteiger partial charge is 0.274 e. The molecule has 0 aromatic carbocycles. The summed E-state index contributed by atoms with van der Waals surface area (Å²) in [6.07, 6.45) is 13.1. The molecular weight excluding hydrogens is 1040 g/mol. The number of morpholine rings is 2. The number of carbonyl (C=O) groups excluding carboxylic acids is 4. The summed E-state index contributed by atoms with van der Waals surface area (Å²) in [5, 5.41) is 9.34. The molecule has 2 aliphatic carbocycles. The van der Waals surface area contributed by atoms with Crippen molar-refractivity contribution in [3.05, 3.63) is 91.0 Å². The fourth-order valence-corrected chi connectivity index (χ4v) is 12.1. The Kier molecular flexibility index (Phi) is 17.8. The second-order valence-corrected chi connectivity index (χ2v) is 22.9. The Morgan fingerprint density at radius 1 is 0.583 bits per heavy atom. The van der Waals surface area contributed by atoms with Crippen molar-refractivity contribution in [1.82, 2.24) is 49.1 Å². The van der Waals surface area contributed by atoms with Gasteiger partial charge in [-0.15, -0.1) is 0 Å². The van der Waals surface area contributed by atoms with Crippen LogP contribution in [0.15, 0.2) is 29.1 Å². The molecule has 4 saturated heterocycles. The molecule has 16 nitrogen and oxygen atoms in total. The van der Waals surface area contributed by atoms with Gasteiger partial charge < -0.3 is 29.1 Å². The summed E-state index contributed by atoms with van der Waals surface area (Å²) in [6, 6.07) is 4.05. The highest BCUT2D eigenvalue weighted by Crippen LogP contribution is 2.32. The van der Waals surface area contributed by atoms with Crippen molar-refractivity contribution in [2.75, 3.05) is 52.4 Å². The van der Waals surface area contributed by atoms with Gasteiger partial charge >= 0.3 is 0 Å². The Morgan fingerprint density at radius 3 is 1.43 bits per heavy atom. The molecule has 18 heteroatoms. The van der Waals surface area contributed by atoms with Gasteiger partial charge in [0, 0.05) is 104 Å². The van der Waals surface area contributed by atoms with Crippen molar-refractivity contribution in [1.29, 1.82) is 0 Å². The molecule has 4 aromatic rings. The summed E-state index contributed by atoms with van der Waals surface area (Å²) in [4.78, 5) is 69.4. The van der Waals surface area contributed by atoms with E-state index < -0.39 is 0 Å². The molecule has 0 radical (unpaired) electrons. The van der Waals surface area contributed by atoms with Gasteiger partial charge in [0.25, 0.3) is 11.8 Å². The quantitative estimate of drug-likeness (QED) is 0.134. The van der Waals surface area contributed by atoms with Crippen LogP contribution in [-0.4, -0.2) is 154 Å². The number of amides is 4. The first-order valence-electron chi connectivity index (χ1n) is 26.2. The second-order valence-electron chi connectivity index (χ2n) is 20.9. The molecule has 4 amide bonds. The molecule has 4 fully saturated rings. The van der Waals surface area contributed by atoms with E-state index in [1.54, 1.807) is 10.9 Å². The number of piperidine rings is 2. The molecule has 4 atom stereocenters. The zero-order valence-electron chi connectivity index (χ0n) is 43.6. The second kappa shape index (κ2) is 23.8. The molecule has 0 spiro atoms. The fourth-order valence-electron chi connectivity index (χ4n) is 11.2. The third kappa shape index (κ3) is 12.5. The number of aromatic nitrogens is 6. The standard InChI is InChI=1S/C27H37N5O3.C20H29BrN4O3.C7H8BrN/c1-17-8-11-28-25(20(17)4)21-9-12-30(13-10-21)24(33)16-32-23-7-5-6-22(23)26(29-32)27(34)31-14-18(2)35-19(3)15-31;1-13-10-24(11-14(2)28-13)20(27)19-16-4-3-5-17(16)25(22-19)12-18(26)23-8-6-15(21)7-9-23;1-5-3-4-9-7(8)6(5)2/h8,11,18-19,21H,5-7,9-10,12-16H2,1-4H3;13-15H,3-12H2,1-2H3;3-4H,1-2H3/t18-,19+;13-,14+;. The number of nitrogens with zero attached hydrogens (tertiary/aromatic N) is 10. The van der Waals surface area contributed by atoms with E-state index in [2.05, 4.69) is 73.8 Å². The van der Waals surface area contributed by atoms with Crippen LogP contribution in [0.25, 0.3) is 0 Å². The first-order chi connectivity index (χ1) is 34.4. The maximum absolute atomic E-state index is 13.4. The molecule has 390 valence electrons. The first-order valence-corrected chi connectivity index (χ1v) is 27.9. The number of alkyl halides is 1. The molecule has 6 aliphatic rings. The van der Waals surface area contributed by atoms with E-state index in [1.165, 1.54) is 27.9 Å². The van der Waals surface area contributed by atoms with Gasteiger partial charge in [-0.1, -0.05) is 15.9 Å². The molecule has 4 aliphatic heterocycles. The minimum atomic E-state index is -0.0295. The third-order valence-corrected chi connectivity index (χ3v) is 17.1. The van der Waals surface area contributed by atoms with E-state index in [-0.39, 0.29) is 61.1 Å². The number of likely N-dealkylation sites (tertiary alicyclic amines) is 2. The highest BCUT2D eigenvalue weighted by atomic mass is 79.9. The maximum atomic E-state index is 13.4. The van der Waals surface area contributed by atoms with Crippen LogP contribution < -0.4 is 0 Å². The minimum absolute atomic E-state index is 0.0149. The number of aryl methyl sites for hydroxylation is 2. The van der Waals surface area contributed by atoms with Crippen molar-refractivity contribution >= 4 is 55.5 Å². The van der Waals surface area contributed by atoms with Crippen LogP contribution in [0.4, 0.5) is 0 Å². The van der Waals surface area contributed by atoms with Crippen LogP contribution in [0.1, 0.15) is 144 Å². The molecule has 8 heterocycles. The van der Waals surface area contributed by atoms with Crippen LogP contribution >= 0.6 is 31.9 Å². The zero-order valence-corrected chi connectivity index (χ0v) is 46.8. The topological polar surface area (TPSA) is 161 Å². The molecule has 10 rings (SSSR count). The molecule has 72 heavy (non-hydrogen) atoms. The van der Waals surface area contributed by atoms with Gasteiger partial charge in [0.05, 0.1) is 24.4 Å². The normalized spacial score (nSPS) is 22.4. The van der Waals surface area contributed by atoms with Crippen molar-refractivity contribution in [3.63, 3.8) is 0 Å². The number of rotatable bonds is 7. The van der Waals surface area contributed by atoms with Gasteiger partial charge in [-0.05, 0) is 170 Å². The summed E-state index contributed by atoms with van der Waals surface area (Å²) >= 11 is 6.97. The van der Waals surface area contributed by atoms with E-state index in [1.807, 2.05) is 71.2 Å². The van der Waals surface area contributed by atoms with Crippen LogP contribution in [0.2, 0.25) is 0 Å². The predicted octanol–water partition coefficient (Wildman–Crippen LogP) is 7.51. The molecular formula is C54H74Br2N10O6. The summed E-state index contributed by atoms with van der Waals surface area (Å²) < 4.78 is 16.1. The summed E-state index contributed by atoms with van der Waals surface area (Å²) in [5.41, 5.74) is 11.5. The highest BCUT2D eigenvalue weighted by Gasteiger charge is 2.36. The Hall–Kier alpha value is -4.52. The minimum Gasteiger partial charge on any atom is -0.372 e. The Bertz CT molecular complexity index is 2560. The number of hydrogen-bond acceptors (Lipinski definition) is 10. The SMILES string of the molecule is C[C@@H]1CN(C(=O)c2nn(CC(=O)N3CCC(Br)CC3)c3c2CCC3)C[C@H](C)O1.Cc1ccnc(Br)c1C.Cc1ccnc(C2CCN(C(=O)Cn3nc(C(=O)N4C[C@@H](C)O[C@@H](C)C4)c4c3CCC4)CC2)c1C. The van der Waals surface area contributed by atoms with Crippen LogP contribution in [0.3, 0.4) is 0 Å². The van der Waals surface area contributed by atoms with E-state index in [0.717, 1.165) is 118 Å². The first kappa shape index (κ1) is 53.8. The third-order valence-electron chi connectivity index (χ3n) is 15.3. The Balaban J connectivity index is 0.000000167. The lowest BCUT2D eigenvalue weighted by Crippen LogP contribution is -2.48. The zero-order chi connectivity index (χ0) is 51.4. The van der Waals surface area contributed by atoms with Gasteiger partial charge in [-0.25, -0.2) is 4.98 Å². The van der Waals surface area contributed by atoms with Crippen LogP contribution in [0, 0.1) is 27.7 Å². The van der Waals surface area contributed by atoms with E-state index >= 15 is 0 Å². The monoisotopic (exact) mass is 1120 g/mol. The Labute approximate surface area is 442 Å². The van der Waals surface area contributed by atoms with Gasteiger partial charge in [-0.2, -0.15) is 10.2 Å². The lowest BCUT2D eigenvalue weighted by molar-refractivity contribution is -0.133. The van der Waals surface area contributed by atoms with Crippen molar-refractivity contribution in [2.24, 2.45) is 0 Å². The van der Waals surface area contributed by atoms with E-state index in [9.17, 15) is 19.2 Å². The molecule has 0 N–H and O–H groups in total. The van der Waals surface area contributed by atoms with Gasteiger partial charge in [0.1, 0.15) is 17.7 Å². The molecule has 0 unspecified atom stereocenters. The number of hydrogen-bond donors (Lipinski definition) is 0. The molecule has 0 bridgehead atoms. The summed E-state index contributed by atoms with van der Waals surface area (Å²) in [6.45, 7) is 22.2. The molecule has 4 aromatic heterocycles. The summed E-state index contributed by atoms with van der Waals surface area (Å²) in [5.74, 6) is 0.534.